The molecular formula is C20H23ClN4O. The smallest absolute Gasteiger partial charge is 0.239 e. The third-order valence-corrected chi connectivity index (χ3v) is 5.60. The fourth-order valence-corrected chi connectivity index (χ4v) is 4.25. The minimum absolute atomic E-state index is 0.0821. The summed E-state index contributed by atoms with van der Waals surface area (Å²) in [6, 6.07) is 8.07. The molecule has 2 aliphatic heterocycles. The summed E-state index contributed by atoms with van der Waals surface area (Å²) in [5.41, 5.74) is 3.10. The Balaban J connectivity index is 1.59. The normalized spacial score (nSPS) is 23.9. The van der Waals surface area contributed by atoms with Crippen molar-refractivity contribution in [1.82, 2.24) is 15.2 Å². The van der Waals surface area contributed by atoms with E-state index in [0.29, 0.717) is 5.02 Å². The van der Waals surface area contributed by atoms with Crippen LogP contribution in [0.25, 0.3) is 10.9 Å². The maximum absolute atomic E-state index is 12.2. The Morgan fingerprint density at radius 2 is 2.19 bits per heavy atom. The van der Waals surface area contributed by atoms with Gasteiger partial charge in [-0.25, -0.2) is 0 Å². The molecule has 2 atom stereocenters. The van der Waals surface area contributed by atoms with Gasteiger partial charge < -0.3 is 15.1 Å². The molecule has 2 fully saturated rings. The molecule has 1 N–H and O–H groups in total. The average molecular weight is 371 g/mol. The maximum Gasteiger partial charge on any atom is 0.239 e. The number of likely N-dealkylation sites (N-methyl/N-ethyl adjacent to an activating group) is 1. The molecule has 5 nitrogen and oxygen atoms in total. The van der Waals surface area contributed by atoms with Crippen LogP contribution in [0.3, 0.4) is 0 Å². The molecule has 0 saturated carbocycles. The number of pyridine rings is 1. The number of carbonyl (C=O) groups is 1. The van der Waals surface area contributed by atoms with Crippen molar-refractivity contribution in [1.29, 1.82) is 0 Å². The van der Waals surface area contributed by atoms with Crippen LogP contribution in [0.1, 0.15) is 12.8 Å². The van der Waals surface area contributed by atoms with Gasteiger partial charge in [-0.05, 0) is 37.1 Å². The van der Waals surface area contributed by atoms with Crippen LogP contribution >= 0.6 is 11.6 Å². The second kappa shape index (κ2) is 6.89. The number of benzene rings is 1. The standard InChI is InChI=1S/C20H23ClN4O/c1-13-10-14(23-17-7-9-24(2)20(17)26)12-25(11-13)18-6-5-16(21)19-15(18)4-3-8-22-19/h3-6,8,14,17,23H,1,7,9-12H2,2H3/t14-,17?/m1/s1. The number of hydrogen-bond donors (Lipinski definition) is 1. The summed E-state index contributed by atoms with van der Waals surface area (Å²) in [6.45, 7) is 6.69. The van der Waals surface area contributed by atoms with Crippen molar-refractivity contribution in [3.8, 4) is 0 Å². The highest BCUT2D eigenvalue weighted by atomic mass is 35.5. The van der Waals surface area contributed by atoms with Gasteiger partial charge in [-0.3, -0.25) is 9.78 Å². The van der Waals surface area contributed by atoms with E-state index in [9.17, 15) is 4.79 Å². The predicted octanol–water partition coefficient (Wildman–Crippen LogP) is 2.84. The van der Waals surface area contributed by atoms with Crippen LogP contribution in [0.15, 0.2) is 42.6 Å². The van der Waals surface area contributed by atoms with Crippen LogP contribution in [0, 0.1) is 0 Å². The van der Waals surface area contributed by atoms with Gasteiger partial charge in [-0.2, -0.15) is 0 Å². The van der Waals surface area contributed by atoms with Gasteiger partial charge in [-0.1, -0.05) is 23.8 Å². The van der Waals surface area contributed by atoms with Crippen LogP contribution < -0.4 is 10.2 Å². The van der Waals surface area contributed by atoms with Crippen molar-refractivity contribution < 1.29 is 4.79 Å². The molecule has 2 aromatic rings. The topological polar surface area (TPSA) is 48.5 Å². The Morgan fingerprint density at radius 3 is 2.96 bits per heavy atom. The minimum Gasteiger partial charge on any atom is -0.365 e. The van der Waals surface area contributed by atoms with Crippen molar-refractivity contribution in [2.75, 3.05) is 31.6 Å². The number of anilines is 1. The highest BCUT2D eigenvalue weighted by Crippen LogP contribution is 2.33. The molecule has 1 aromatic carbocycles. The van der Waals surface area contributed by atoms with Crippen molar-refractivity contribution in [3.63, 3.8) is 0 Å². The van der Waals surface area contributed by atoms with E-state index in [1.54, 1.807) is 11.1 Å². The van der Waals surface area contributed by atoms with Gasteiger partial charge in [0.2, 0.25) is 5.91 Å². The molecule has 1 unspecified atom stereocenters. The first-order valence-corrected chi connectivity index (χ1v) is 9.36. The van der Waals surface area contributed by atoms with Crippen LogP contribution in [-0.2, 0) is 4.79 Å². The lowest BCUT2D eigenvalue weighted by molar-refractivity contribution is -0.128. The van der Waals surface area contributed by atoms with E-state index in [0.717, 1.165) is 49.1 Å². The number of nitrogens with one attached hydrogen (secondary N) is 1. The second-order valence-electron chi connectivity index (χ2n) is 7.27. The number of fused-ring (bicyclic) bond motifs is 1. The van der Waals surface area contributed by atoms with E-state index in [2.05, 4.69) is 33.9 Å². The molecule has 3 heterocycles. The summed E-state index contributed by atoms with van der Waals surface area (Å²) < 4.78 is 0. The number of halogens is 1. The molecule has 4 rings (SSSR count). The van der Waals surface area contributed by atoms with Gasteiger partial charge in [-0.15, -0.1) is 0 Å². The van der Waals surface area contributed by atoms with Crippen molar-refractivity contribution >= 4 is 34.1 Å². The third-order valence-electron chi connectivity index (χ3n) is 5.29. The SMILES string of the molecule is C=C1C[C@@H](NC2CCN(C)C2=O)CN(c2ccc(Cl)c3ncccc23)C1. The Morgan fingerprint density at radius 1 is 1.35 bits per heavy atom. The van der Waals surface area contributed by atoms with Crippen LogP contribution in [0.4, 0.5) is 5.69 Å². The molecule has 0 radical (unpaired) electrons. The third kappa shape index (κ3) is 3.17. The molecule has 0 aliphatic carbocycles. The van der Waals surface area contributed by atoms with Gasteiger partial charge in [0.25, 0.3) is 0 Å². The largest absolute Gasteiger partial charge is 0.365 e. The maximum atomic E-state index is 12.2. The summed E-state index contributed by atoms with van der Waals surface area (Å²) in [4.78, 5) is 20.8. The Hall–Kier alpha value is -2.11. The number of piperidine rings is 1. The second-order valence-corrected chi connectivity index (χ2v) is 7.67. The zero-order chi connectivity index (χ0) is 18.3. The van der Waals surface area contributed by atoms with Crippen molar-refractivity contribution in [2.24, 2.45) is 0 Å². The summed E-state index contributed by atoms with van der Waals surface area (Å²) in [7, 11) is 1.86. The fourth-order valence-electron chi connectivity index (χ4n) is 4.03. The van der Waals surface area contributed by atoms with E-state index in [4.69, 9.17) is 11.6 Å². The lowest BCUT2D eigenvalue weighted by Gasteiger charge is -2.37. The number of nitrogens with zero attached hydrogens (tertiary/aromatic N) is 3. The molecule has 1 amide bonds. The highest BCUT2D eigenvalue weighted by Gasteiger charge is 2.33. The summed E-state index contributed by atoms with van der Waals surface area (Å²) in [5, 5.41) is 5.26. The molecule has 1 aromatic heterocycles. The zero-order valence-electron chi connectivity index (χ0n) is 14.9. The molecule has 0 spiro atoms. The fraction of sp³-hybridized carbons (Fsp3) is 0.400. The molecule has 0 bridgehead atoms. The van der Waals surface area contributed by atoms with Crippen LogP contribution in [-0.4, -0.2) is 54.6 Å². The molecule has 136 valence electrons. The number of rotatable bonds is 3. The molecule has 2 saturated heterocycles. The summed E-state index contributed by atoms with van der Waals surface area (Å²) >= 11 is 6.32. The lowest BCUT2D eigenvalue weighted by Crippen LogP contribution is -2.51. The van der Waals surface area contributed by atoms with Crippen molar-refractivity contribution in [3.05, 3.63) is 47.6 Å². The van der Waals surface area contributed by atoms with Crippen molar-refractivity contribution in [2.45, 2.75) is 24.9 Å². The Bertz CT molecular complexity index is 868. The van der Waals surface area contributed by atoms with E-state index in [1.165, 1.54) is 5.57 Å². The zero-order valence-corrected chi connectivity index (χ0v) is 15.7. The monoisotopic (exact) mass is 370 g/mol. The molecular weight excluding hydrogens is 348 g/mol. The Kier molecular flexibility index (Phi) is 4.59. The van der Waals surface area contributed by atoms with Gasteiger partial charge in [0.1, 0.15) is 0 Å². The molecule has 6 heteroatoms. The van der Waals surface area contributed by atoms with Gasteiger partial charge in [0.05, 0.1) is 16.6 Å². The quantitative estimate of drug-likeness (QED) is 0.844. The number of likely N-dealkylation sites (tertiary alicyclic amines) is 1. The van der Waals surface area contributed by atoms with Gasteiger partial charge >= 0.3 is 0 Å². The number of hydrogen-bond acceptors (Lipinski definition) is 4. The van der Waals surface area contributed by atoms with Gasteiger partial charge in [0.15, 0.2) is 0 Å². The minimum atomic E-state index is -0.0821. The predicted molar refractivity (Wildman–Crippen MR) is 106 cm³/mol. The van der Waals surface area contributed by atoms with Crippen LogP contribution in [0.5, 0.6) is 0 Å². The molecule has 26 heavy (non-hydrogen) atoms. The molecule has 2 aliphatic rings. The van der Waals surface area contributed by atoms with Gasteiger partial charge in [0, 0.05) is 50.0 Å². The van der Waals surface area contributed by atoms with E-state index < -0.39 is 0 Å². The van der Waals surface area contributed by atoms with E-state index in [-0.39, 0.29) is 18.0 Å². The number of aromatic nitrogens is 1. The van der Waals surface area contributed by atoms with E-state index in [1.807, 2.05) is 19.2 Å². The highest BCUT2D eigenvalue weighted by molar-refractivity contribution is 6.35. The first-order valence-electron chi connectivity index (χ1n) is 8.99. The first kappa shape index (κ1) is 17.3. The Labute approximate surface area is 158 Å². The average Bonchev–Trinajstić information content (AvgIpc) is 2.94. The van der Waals surface area contributed by atoms with E-state index >= 15 is 0 Å². The van der Waals surface area contributed by atoms with Crippen LogP contribution in [0.2, 0.25) is 5.02 Å². The summed E-state index contributed by atoms with van der Waals surface area (Å²) in [5.74, 6) is 0.189. The number of amides is 1. The number of carbonyl (C=O) groups excluding carboxylic acids is 1. The lowest BCUT2D eigenvalue weighted by atomic mass is 9.99. The first-order chi connectivity index (χ1) is 12.5. The summed E-state index contributed by atoms with van der Waals surface area (Å²) in [6.07, 6.45) is 3.53.